The van der Waals surface area contributed by atoms with Crippen molar-refractivity contribution >= 4 is 19.5 Å². The first-order valence-electron chi connectivity index (χ1n) is 9.33. The Kier molecular flexibility index (Phi) is 8.45. The van der Waals surface area contributed by atoms with Crippen molar-refractivity contribution in [3.63, 3.8) is 0 Å². The molecule has 0 fully saturated rings. The van der Waals surface area contributed by atoms with Gasteiger partial charge >= 0.3 is 0 Å². The first kappa shape index (κ1) is 23.5. The number of nitro groups is 1. The lowest BCUT2D eigenvalue weighted by molar-refractivity contribution is -0.384. The van der Waals surface area contributed by atoms with Crippen LogP contribution in [0.5, 0.6) is 11.5 Å². The number of ketones is 1. The summed E-state index contributed by atoms with van der Waals surface area (Å²) in [7, 11) is 0.213. The first-order chi connectivity index (χ1) is 14.2. The van der Waals surface area contributed by atoms with Gasteiger partial charge in [0, 0.05) is 40.1 Å². The van der Waals surface area contributed by atoms with Gasteiger partial charge in [-0.3, -0.25) is 14.9 Å². The lowest BCUT2D eigenvalue weighted by atomic mass is 10.0. The van der Waals surface area contributed by atoms with Crippen molar-refractivity contribution in [1.29, 1.82) is 0 Å². The average molecular weight is 435 g/mol. The molecule has 0 unspecified atom stereocenters. The molecule has 0 aliphatic rings. The number of methoxy groups -OCH3 is 1. The molecule has 10 heteroatoms. The number of nitro benzene ring substituents is 1. The Balaban J connectivity index is 2.22. The third kappa shape index (κ3) is 6.90. The molecule has 9 nitrogen and oxygen atoms in total. The number of ether oxygens (including phenoxy) is 4. The van der Waals surface area contributed by atoms with Crippen LogP contribution in [0.15, 0.2) is 36.5 Å². The number of carbonyl (C=O) groups is 1. The normalized spacial score (nSPS) is 11.2. The predicted molar refractivity (Wildman–Crippen MR) is 113 cm³/mol. The molecule has 0 saturated carbocycles. The fraction of sp³-hybridized carbons (Fsp3) is 0.400. The second-order valence-electron chi connectivity index (χ2n) is 7.65. The number of carbonyl (C=O) groups excluding carboxylic acids is 1. The van der Waals surface area contributed by atoms with Gasteiger partial charge in [0.15, 0.2) is 25.0 Å². The van der Waals surface area contributed by atoms with Crippen LogP contribution < -0.4 is 9.47 Å². The van der Waals surface area contributed by atoms with Crippen molar-refractivity contribution in [2.45, 2.75) is 25.7 Å². The topological polar surface area (TPSA) is 110 Å². The second-order valence-corrected chi connectivity index (χ2v) is 13.3. The van der Waals surface area contributed by atoms with Crippen LogP contribution in [0, 0.1) is 10.1 Å². The molecule has 2 aromatic rings. The minimum absolute atomic E-state index is 0.00839. The zero-order chi connectivity index (χ0) is 22.1. The number of benzene rings is 1. The molecule has 0 radical (unpaired) electrons. The molecule has 1 heterocycles. The van der Waals surface area contributed by atoms with E-state index in [1.54, 1.807) is 12.1 Å². The standard InChI is InChI=1S/C20H26N2O7Si/c1-26-13-28-17-8-7-15(22(24)25)12-16(17)20(23)19-18(6-5-9-21-19)29-14-27-10-11-30(2,3)4/h5-9,12H,10-11,13-14H2,1-4H3. The van der Waals surface area contributed by atoms with E-state index in [0.717, 1.165) is 12.1 Å². The molecular formula is C20H26N2O7Si. The summed E-state index contributed by atoms with van der Waals surface area (Å²) in [5, 5.41) is 11.2. The smallest absolute Gasteiger partial charge is 0.270 e. The number of hydrogen-bond acceptors (Lipinski definition) is 8. The van der Waals surface area contributed by atoms with Crippen LogP contribution in [0.4, 0.5) is 5.69 Å². The van der Waals surface area contributed by atoms with Crippen molar-refractivity contribution in [3.8, 4) is 11.5 Å². The second kappa shape index (κ2) is 10.8. The Morgan fingerprint density at radius 3 is 2.53 bits per heavy atom. The highest BCUT2D eigenvalue weighted by Crippen LogP contribution is 2.29. The Morgan fingerprint density at radius 1 is 1.13 bits per heavy atom. The van der Waals surface area contributed by atoms with Crippen LogP contribution >= 0.6 is 0 Å². The maximum absolute atomic E-state index is 13.1. The third-order valence-electron chi connectivity index (χ3n) is 4.03. The summed E-state index contributed by atoms with van der Waals surface area (Å²) in [5.74, 6) is -0.197. The van der Waals surface area contributed by atoms with E-state index in [1.165, 1.54) is 25.4 Å². The molecule has 0 amide bonds. The lowest BCUT2D eigenvalue weighted by Gasteiger charge is -2.16. The predicted octanol–water partition coefficient (Wildman–Crippen LogP) is 3.89. The number of pyridine rings is 1. The fourth-order valence-corrected chi connectivity index (χ4v) is 3.16. The lowest BCUT2D eigenvalue weighted by Crippen LogP contribution is -2.22. The number of hydrogen-bond donors (Lipinski definition) is 0. The van der Waals surface area contributed by atoms with Crippen molar-refractivity contribution in [1.82, 2.24) is 4.98 Å². The Bertz CT molecular complexity index is 884. The summed E-state index contributed by atoms with van der Waals surface area (Å²) in [6, 6.07) is 7.97. The van der Waals surface area contributed by atoms with Crippen molar-refractivity contribution in [3.05, 3.63) is 57.9 Å². The first-order valence-corrected chi connectivity index (χ1v) is 13.0. The molecule has 0 aliphatic carbocycles. The monoisotopic (exact) mass is 434 g/mol. The molecule has 0 bridgehead atoms. The van der Waals surface area contributed by atoms with Crippen LogP contribution in [0.1, 0.15) is 16.1 Å². The Morgan fingerprint density at radius 2 is 1.87 bits per heavy atom. The molecule has 0 spiro atoms. The zero-order valence-electron chi connectivity index (χ0n) is 17.5. The fourth-order valence-electron chi connectivity index (χ4n) is 2.40. The highest BCUT2D eigenvalue weighted by Gasteiger charge is 2.23. The minimum Gasteiger partial charge on any atom is -0.467 e. The van der Waals surface area contributed by atoms with E-state index in [9.17, 15) is 14.9 Å². The number of rotatable bonds is 12. The molecular weight excluding hydrogens is 408 g/mol. The highest BCUT2D eigenvalue weighted by atomic mass is 28.3. The highest BCUT2D eigenvalue weighted by molar-refractivity contribution is 6.76. The maximum Gasteiger partial charge on any atom is 0.270 e. The SMILES string of the molecule is COCOc1ccc([N+](=O)[O-])cc1C(=O)c1ncccc1OCOCC[Si](C)(C)C. The summed E-state index contributed by atoms with van der Waals surface area (Å²) < 4.78 is 21.4. The maximum atomic E-state index is 13.1. The quantitative estimate of drug-likeness (QED) is 0.124. The van der Waals surface area contributed by atoms with E-state index in [1.807, 2.05) is 0 Å². The summed E-state index contributed by atoms with van der Waals surface area (Å²) in [6.45, 7) is 7.17. The van der Waals surface area contributed by atoms with E-state index in [2.05, 4.69) is 24.6 Å². The van der Waals surface area contributed by atoms with E-state index >= 15 is 0 Å². The summed E-state index contributed by atoms with van der Waals surface area (Å²) >= 11 is 0. The van der Waals surface area contributed by atoms with Gasteiger partial charge in [-0.05, 0) is 24.2 Å². The van der Waals surface area contributed by atoms with Crippen LogP contribution in [-0.4, -0.2) is 51.1 Å². The van der Waals surface area contributed by atoms with Crippen molar-refractivity contribution in [2.24, 2.45) is 0 Å². The molecule has 1 aromatic carbocycles. The molecule has 2 rings (SSSR count). The summed E-state index contributed by atoms with van der Waals surface area (Å²) in [6.07, 6.45) is 1.44. The number of nitrogens with zero attached hydrogens (tertiary/aromatic N) is 2. The van der Waals surface area contributed by atoms with Gasteiger partial charge in [-0.1, -0.05) is 19.6 Å². The van der Waals surface area contributed by atoms with Gasteiger partial charge in [-0.25, -0.2) is 4.98 Å². The third-order valence-corrected chi connectivity index (χ3v) is 5.73. The van der Waals surface area contributed by atoms with E-state index in [-0.39, 0.29) is 42.0 Å². The average Bonchev–Trinajstić information content (AvgIpc) is 2.70. The van der Waals surface area contributed by atoms with E-state index < -0.39 is 18.8 Å². The van der Waals surface area contributed by atoms with Gasteiger partial charge in [0.2, 0.25) is 5.78 Å². The Hall–Kier alpha value is -2.82. The molecule has 0 N–H and O–H groups in total. The van der Waals surface area contributed by atoms with Gasteiger partial charge in [0.05, 0.1) is 10.5 Å². The van der Waals surface area contributed by atoms with Crippen LogP contribution in [0.2, 0.25) is 25.7 Å². The van der Waals surface area contributed by atoms with Crippen LogP contribution in [0.25, 0.3) is 0 Å². The van der Waals surface area contributed by atoms with Gasteiger partial charge in [-0.15, -0.1) is 0 Å². The minimum atomic E-state index is -1.22. The molecule has 1 aromatic heterocycles. The van der Waals surface area contributed by atoms with Crippen molar-refractivity contribution in [2.75, 3.05) is 27.3 Å². The zero-order valence-corrected chi connectivity index (χ0v) is 18.5. The largest absolute Gasteiger partial charge is 0.467 e. The molecule has 0 atom stereocenters. The molecule has 0 aliphatic heterocycles. The van der Waals surface area contributed by atoms with Crippen molar-refractivity contribution < 1.29 is 28.7 Å². The van der Waals surface area contributed by atoms with Gasteiger partial charge < -0.3 is 18.9 Å². The molecule has 0 saturated heterocycles. The van der Waals surface area contributed by atoms with Gasteiger partial charge in [0.25, 0.3) is 5.69 Å². The summed E-state index contributed by atoms with van der Waals surface area (Å²) in [4.78, 5) is 27.8. The molecule has 162 valence electrons. The van der Waals surface area contributed by atoms with Gasteiger partial charge in [0.1, 0.15) is 5.75 Å². The number of non-ortho nitro benzene ring substituents is 1. The summed E-state index contributed by atoms with van der Waals surface area (Å²) in [5.41, 5.74) is -0.241. The van der Waals surface area contributed by atoms with E-state index in [0.29, 0.717) is 6.61 Å². The Labute approximate surface area is 176 Å². The van der Waals surface area contributed by atoms with Crippen LogP contribution in [0.3, 0.4) is 0 Å². The van der Waals surface area contributed by atoms with Crippen LogP contribution in [-0.2, 0) is 9.47 Å². The van der Waals surface area contributed by atoms with Gasteiger partial charge in [-0.2, -0.15) is 0 Å². The molecule has 30 heavy (non-hydrogen) atoms. The van der Waals surface area contributed by atoms with E-state index in [4.69, 9.17) is 18.9 Å². The number of aromatic nitrogens is 1.